The first-order valence-electron chi connectivity index (χ1n) is 5.77. The molecule has 0 spiro atoms. The number of aliphatic hydroxyl groups excluding tert-OH is 1. The second-order valence-corrected chi connectivity index (χ2v) is 4.66. The molecule has 0 aliphatic heterocycles. The minimum Gasteiger partial charge on any atom is -0.504 e. The van der Waals surface area contributed by atoms with E-state index < -0.39 is 5.54 Å². The van der Waals surface area contributed by atoms with Crippen molar-refractivity contribution in [2.75, 3.05) is 13.2 Å². The molecule has 5 nitrogen and oxygen atoms in total. The number of carbonyl (C=O) groups is 1. The Morgan fingerprint density at radius 1 is 1.39 bits per heavy atom. The van der Waals surface area contributed by atoms with Gasteiger partial charge in [0.2, 0.25) is 0 Å². The number of hydrogen-bond donors (Lipinski definition) is 3. The van der Waals surface area contributed by atoms with Gasteiger partial charge in [-0.3, -0.25) is 4.79 Å². The summed E-state index contributed by atoms with van der Waals surface area (Å²) in [4.78, 5) is 11.6. The Morgan fingerprint density at radius 3 is 2.67 bits per heavy atom. The monoisotopic (exact) mass is 253 g/mol. The van der Waals surface area contributed by atoms with Crippen molar-refractivity contribution in [1.29, 1.82) is 0 Å². The number of amides is 1. The van der Waals surface area contributed by atoms with Gasteiger partial charge in [-0.25, -0.2) is 0 Å². The number of phenolic OH excluding ortho intramolecular Hbond substituents is 1. The summed E-state index contributed by atoms with van der Waals surface area (Å²) < 4.78 is 5.20. The van der Waals surface area contributed by atoms with Crippen molar-refractivity contribution in [2.24, 2.45) is 0 Å². The van der Waals surface area contributed by atoms with E-state index in [-0.39, 0.29) is 30.6 Å². The van der Waals surface area contributed by atoms with Crippen molar-refractivity contribution >= 4 is 5.91 Å². The number of carbonyl (C=O) groups excluding carboxylic acids is 1. The molecule has 0 atom stereocenters. The number of nitrogens with one attached hydrogen (secondary N) is 1. The van der Waals surface area contributed by atoms with Gasteiger partial charge in [-0.15, -0.1) is 0 Å². The third-order valence-corrected chi connectivity index (χ3v) is 2.44. The maximum Gasteiger partial charge on any atom is 0.258 e. The molecular weight excluding hydrogens is 234 g/mol. The number of benzene rings is 1. The number of aliphatic hydroxyl groups is 1. The van der Waals surface area contributed by atoms with Crippen LogP contribution in [0.5, 0.6) is 11.5 Å². The lowest BCUT2D eigenvalue weighted by Crippen LogP contribution is -2.46. The standard InChI is InChI=1S/C13H19NO4/c1-13(2,7-8-15)14-12(17)9-18-11-6-4-3-5-10(11)16/h3-6,15-16H,7-9H2,1-2H3,(H,14,17). The van der Waals surface area contributed by atoms with Crippen molar-refractivity contribution in [3.05, 3.63) is 24.3 Å². The van der Waals surface area contributed by atoms with Gasteiger partial charge < -0.3 is 20.3 Å². The molecule has 1 aromatic carbocycles. The zero-order valence-corrected chi connectivity index (χ0v) is 10.6. The van der Waals surface area contributed by atoms with Crippen LogP contribution in [0.25, 0.3) is 0 Å². The van der Waals surface area contributed by atoms with Gasteiger partial charge in [-0.1, -0.05) is 12.1 Å². The smallest absolute Gasteiger partial charge is 0.258 e. The third kappa shape index (κ3) is 4.63. The Hall–Kier alpha value is -1.75. The molecule has 0 bridgehead atoms. The third-order valence-electron chi connectivity index (χ3n) is 2.44. The molecule has 1 rings (SSSR count). The molecule has 0 fully saturated rings. The summed E-state index contributed by atoms with van der Waals surface area (Å²) in [5, 5.41) is 21.0. The Labute approximate surface area is 106 Å². The lowest BCUT2D eigenvalue weighted by molar-refractivity contribution is -0.124. The average molecular weight is 253 g/mol. The van der Waals surface area contributed by atoms with Gasteiger partial charge >= 0.3 is 0 Å². The van der Waals surface area contributed by atoms with E-state index in [1.165, 1.54) is 6.07 Å². The summed E-state index contributed by atoms with van der Waals surface area (Å²) in [5.74, 6) is -0.0239. The van der Waals surface area contributed by atoms with E-state index in [9.17, 15) is 9.90 Å². The SMILES string of the molecule is CC(C)(CCO)NC(=O)COc1ccccc1O. The number of para-hydroxylation sites is 2. The fraction of sp³-hybridized carbons (Fsp3) is 0.462. The van der Waals surface area contributed by atoms with Crippen LogP contribution in [-0.2, 0) is 4.79 Å². The highest BCUT2D eigenvalue weighted by molar-refractivity contribution is 5.78. The minimum atomic E-state index is -0.478. The van der Waals surface area contributed by atoms with Crippen LogP contribution < -0.4 is 10.1 Å². The van der Waals surface area contributed by atoms with E-state index in [2.05, 4.69) is 5.32 Å². The van der Waals surface area contributed by atoms with Gasteiger partial charge in [0.1, 0.15) is 0 Å². The van der Waals surface area contributed by atoms with Gasteiger partial charge in [0, 0.05) is 12.1 Å². The summed E-state index contributed by atoms with van der Waals surface area (Å²) in [6.45, 7) is 3.47. The first-order chi connectivity index (χ1) is 8.44. The van der Waals surface area contributed by atoms with Gasteiger partial charge in [-0.05, 0) is 32.4 Å². The maximum absolute atomic E-state index is 11.6. The van der Waals surface area contributed by atoms with Crippen LogP contribution in [0.2, 0.25) is 0 Å². The topological polar surface area (TPSA) is 78.8 Å². The van der Waals surface area contributed by atoms with Crippen LogP contribution >= 0.6 is 0 Å². The minimum absolute atomic E-state index is 0.0000756. The molecule has 0 aromatic heterocycles. The van der Waals surface area contributed by atoms with E-state index in [0.717, 1.165) is 0 Å². The lowest BCUT2D eigenvalue weighted by atomic mass is 10.0. The van der Waals surface area contributed by atoms with Crippen LogP contribution in [0.1, 0.15) is 20.3 Å². The number of phenols is 1. The largest absolute Gasteiger partial charge is 0.504 e. The number of rotatable bonds is 6. The second kappa shape index (κ2) is 6.26. The Kier molecular flexibility index (Phi) is 4.97. The molecule has 0 heterocycles. The van der Waals surface area contributed by atoms with Crippen LogP contribution in [0.4, 0.5) is 0 Å². The molecule has 0 aliphatic carbocycles. The van der Waals surface area contributed by atoms with Crippen molar-refractivity contribution in [1.82, 2.24) is 5.32 Å². The van der Waals surface area contributed by atoms with Crippen LogP contribution in [0.3, 0.4) is 0 Å². The summed E-state index contributed by atoms with van der Waals surface area (Å²) >= 11 is 0. The highest BCUT2D eigenvalue weighted by Crippen LogP contribution is 2.24. The van der Waals surface area contributed by atoms with Gasteiger partial charge in [0.15, 0.2) is 18.1 Å². The molecule has 0 radical (unpaired) electrons. The van der Waals surface area contributed by atoms with E-state index >= 15 is 0 Å². The number of ether oxygens (including phenoxy) is 1. The molecule has 0 saturated heterocycles. The Bertz CT molecular complexity index is 404. The predicted molar refractivity (Wildman–Crippen MR) is 67.5 cm³/mol. The molecule has 18 heavy (non-hydrogen) atoms. The summed E-state index contributed by atoms with van der Waals surface area (Å²) in [7, 11) is 0. The zero-order valence-electron chi connectivity index (χ0n) is 10.6. The fourth-order valence-corrected chi connectivity index (χ4v) is 1.48. The molecule has 5 heteroatoms. The highest BCUT2D eigenvalue weighted by atomic mass is 16.5. The van der Waals surface area contributed by atoms with Crippen molar-refractivity contribution in [2.45, 2.75) is 25.8 Å². The Balaban J connectivity index is 2.45. The average Bonchev–Trinajstić information content (AvgIpc) is 2.27. The summed E-state index contributed by atoms with van der Waals surface area (Å²) in [5.41, 5.74) is -0.478. The normalized spacial score (nSPS) is 11.1. The van der Waals surface area contributed by atoms with Crippen molar-refractivity contribution in [3.63, 3.8) is 0 Å². The quantitative estimate of drug-likeness (QED) is 0.708. The molecule has 100 valence electrons. The summed E-state index contributed by atoms with van der Waals surface area (Å²) in [6, 6.07) is 6.46. The van der Waals surface area contributed by atoms with Gasteiger partial charge in [-0.2, -0.15) is 0 Å². The van der Waals surface area contributed by atoms with Crippen molar-refractivity contribution in [3.8, 4) is 11.5 Å². The fourth-order valence-electron chi connectivity index (χ4n) is 1.48. The number of aromatic hydroxyl groups is 1. The molecule has 1 aromatic rings. The highest BCUT2D eigenvalue weighted by Gasteiger charge is 2.19. The second-order valence-electron chi connectivity index (χ2n) is 4.66. The van der Waals surface area contributed by atoms with Gasteiger partial charge in [0.25, 0.3) is 5.91 Å². The maximum atomic E-state index is 11.6. The molecule has 0 aliphatic rings. The Morgan fingerprint density at radius 2 is 2.06 bits per heavy atom. The zero-order chi connectivity index (χ0) is 13.6. The first-order valence-corrected chi connectivity index (χ1v) is 5.77. The van der Waals surface area contributed by atoms with Crippen LogP contribution in [-0.4, -0.2) is 34.9 Å². The first kappa shape index (κ1) is 14.3. The molecule has 3 N–H and O–H groups in total. The predicted octanol–water partition coefficient (Wildman–Crippen LogP) is 1.05. The van der Waals surface area contributed by atoms with E-state index in [1.54, 1.807) is 18.2 Å². The number of hydrogen-bond acceptors (Lipinski definition) is 4. The molecule has 0 unspecified atom stereocenters. The molecule has 0 saturated carbocycles. The van der Waals surface area contributed by atoms with Crippen LogP contribution in [0, 0.1) is 0 Å². The molecule has 1 amide bonds. The van der Waals surface area contributed by atoms with E-state index in [0.29, 0.717) is 6.42 Å². The lowest BCUT2D eigenvalue weighted by Gasteiger charge is -2.25. The van der Waals surface area contributed by atoms with Crippen molar-refractivity contribution < 1.29 is 19.7 Å². The van der Waals surface area contributed by atoms with Gasteiger partial charge in [0.05, 0.1) is 0 Å². The summed E-state index contributed by atoms with van der Waals surface area (Å²) in [6.07, 6.45) is 0.468. The van der Waals surface area contributed by atoms with E-state index in [4.69, 9.17) is 9.84 Å². The van der Waals surface area contributed by atoms with E-state index in [1.807, 2.05) is 13.8 Å². The molecular formula is C13H19NO4. The van der Waals surface area contributed by atoms with Crippen LogP contribution in [0.15, 0.2) is 24.3 Å².